The summed E-state index contributed by atoms with van der Waals surface area (Å²) in [4.78, 5) is 25.9. The molecule has 1 saturated carbocycles. The van der Waals surface area contributed by atoms with Crippen LogP contribution in [0.3, 0.4) is 0 Å². The summed E-state index contributed by atoms with van der Waals surface area (Å²) in [5, 5.41) is 2.94. The number of carbonyl (C=O) groups excluding carboxylic acids is 2. The zero-order valence-electron chi connectivity index (χ0n) is 12.1. The number of rotatable bonds is 7. The highest BCUT2D eigenvalue weighted by molar-refractivity contribution is 5.94. The minimum absolute atomic E-state index is 0.0285. The SMILES string of the molecule is CC[C@H](C)N(CCC(=O)NC1CC1)C(=O)c1ccoc1. The van der Waals surface area contributed by atoms with Crippen LogP contribution in [-0.2, 0) is 4.79 Å². The van der Waals surface area contributed by atoms with Gasteiger partial charge in [-0.05, 0) is 32.3 Å². The maximum atomic E-state index is 12.4. The molecule has 1 fully saturated rings. The second-order valence-electron chi connectivity index (χ2n) is 5.36. The van der Waals surface area contributed by atoms with Gasteiger partial charge < -0.3 is 14.6 Å². The molecule has 0 spiro atoms. The molecule has 1 aliphatic carbocycles. The number of nitrogens with zero attached hydrogens (tertiary/aromatic N) is 1. The molecule has 20 heavy (non-hydrogen) atoms. The second-order valence-corrected chi connectivity index (χ2v) is 5.36. The number of furan rings is 1. The minimum Gasteiger partial charge on any atom is -0.472 e. The van der Waals surface area contributed by atoms with Crippen molar-refractivity contribution < 1.29 is 14.0 Å². The van der Waals surface area contributed by atoms with E-state index in [4.69, 9.17) is 4.42 Å². The van der Waals surface area contributed by atoms with Crippen LogP contribution < -0.4 is 5.32 Å². The van der Waals surface area contributed by atoms with Gasteiger partial charge in [0, 0.05) is 25.0 Å². The van der Waals surface area contributed by atoms with Crippen molar-refractivity contribution in [1.82, 2.24) is 10.2 Å². The van der Waals surface area contributed by atoms with Gasteiger partial charge in [-0.1, -0.05) is 6.92 Å². The highest BCUT2D eigenvalue weighted by atomic mass is 16.3. The zero-order chi connectivity index (χ0) is 14.5. The van der Waals surface area contributed by atoms with Crippen LogP contribution >= 0.6 is 0 Å². The maximum Gasteiger partial charge on any atom is 0.257 e. The summed E-state index contributed by atoms with van der Waals surface area (Å²) in [7, 11) is 0. The lowest BCUT2D eigenvalue weighted by molar-refractivity contribution is -0.121. The molecule has 1 aromatic heterocycles. The third-order valence-electron chi connectivity index (χ3n) is 3.67. The van der Waals surface area contributed by atoms with Crippen LogP contribution in [0.5, 0.6) is 0 Å². The number of nitrogens with one attached hydrogen (secondary N) is 1. The van der Waals surface area contributed by atoms with Crippen LogP contribution in [0.1, 0.15) is 49.9 Å². The van der Waals surface area contributed by atoms with Gasteiger partial charge in [0.15, 0.2) is 0 Å². The van der Waals surface area contributed by atoms with E-state index in [0.29, 0.717) is 24.6 Å². The van der Waals surface area contributed by atoms with Crippen molar-refractivity contribution in [3.05, 3.63) is 24.2 Å². The number of carbonyl (C=O) groups is 2. The minimum atomic E-state index is -0.0766. The van der Waals surface area contributed by atoms with Gasteiger partial charge in [-0.2, -0.15) is 0 Å². The quantitative estimate of drug-likeness (QED) is 0.831. The van der Waals surface area contributed by atoms with Crippen molar-refractivity contribution in [3.63, 3.8) is 0 Å². The third kappa shape index (κ3) is 3.85. The molecule has 2 amide bonds. The molecule has 0 unspecified atom stereocenters. The summed E-state index contributed by atoms with van der Waals surface area (Å²) in [6.07, 6.45) is 6.30. The average molecular weight is 278 g/mol. The first-order chi connectivity index (χ1) is 9.61. The molecule has 5 heteroatoms. The van der Waals surface area contributed by atoms with Crippen molar-refractivity contribution in [2.24, 2.45) is 0 Å². The van der Waals surface area contributed by atoms with Gasteiger partial charge in [0.2, 0.25) is 5.91 Å². The fourth-order valence-corrected chi connectivity index (χ4v) is 2.04. The van der Waals surface area contributed by atoms with Gasteiger partial charge in [0.25, 0.3) is 5.91 Å². The van der Waals surface area contributed by atoms with Gasteiger partial charge in [-0.3, -0.25) is 9.59 Å². The second kappa shape index (κ2) is 6.59. The number of hydrogen-bond acceptors (Lipinski definition) is 3. The molecule has 0 bridgehead atoms. The Balaban J connectivity index is 1.92. The summed E-state index contributed by atoms with van der Waals surface area (Å²) in [5.74, 6) is -0.0480. The van der Waals surface area contributed by atoms with E-state index in [2.05, 4.69) is 5.32 Å². The average Bonchev–Trinajstić information content (AvgIpc) is 3.08. The van der Waals surface area contributed by atoms with Crippen LogP contribution in [-0.4, -0.2) is 35.3 Å². The summed E-state index contributed by atoms with van der Waals surface area (Å²) < 4.78 is 4.96. The van der Waals surface area contributed by atoms with Crippen LogP contribution in [0.2, 0.25) is 0 Å². The van der Waals surface area contributed by atoms with E-state index >= 15 is 0 Å². The van der Waals surface area contributed by atoms with Crippen molar-refractivity contribution in [3.8, 4) is 0 Å². The van der Waals surface area contributed by atoms with Crippen LogP contribution in [0.25, 0.3) is 0 Å². The lowest BCUT2D eigenvalue weighted by atomic mass is 10.1. The smallest absolute Gasteiger partial charge is 0.257 e. The first-order valence-electron chi connectivity index (χ1n) is 7.24. The lowest BCUT2D eigenvalue weighted by Gasteiger charge is -2.28. The molecule has 1 aliphatic rings. The Morgan fingerprint density at radius 1 is 1.50 bits per heavy atom. The molecule has 5 nitrogen and oxygen atoms in total. The molecule has 0 saturated heterocycles. The maximum absolute atomic E-state index is 12.4. The molecule has 2 rings (SSSR count). The highest BCUT2D eigenvalue weighted by Crippen LogP contribution is 2.19. The highest BCUT2D eigenvalue weighted by Gasteiger charge is 2.25. The van der Waals surface area contributed by atoms with Gasteiger partial charge in [-0.25, -0.2) is 0 Å². The van der Waals surface area contributed by atoms with Crippen molar-refractivity contribution in [2.45, 2.75) is 51.6 Å². The van der Waals surface area contributed by atoms with E-state index in [1.165, 1.54) is 12.5 Å². The van der Waals surface area contributed by atoms with E-state index < -0.39 is 0 Å². The topological polar surface area (TPSA) is 62.6 Å². The van der Waals surface area contributed by atoms with Gasteiger partial charge in [-0.15, -0.1) is 0 Å². The molecule has 110 valence electrons. The van der Waals surface area contributed by atoms with Crippen molar-refractivity contribution >= 4 is 11.8 Å². The Morgan fingerprint density at radius 3 is 2.80 bits per heavy atom. The molecule has 1 N–H and O–H groups in total. The van der Waals surface area contributed by atoms with E-state index in [9.17, 15) is 9.59 Å². The van der Waals surface area contributed by atoms with Crippen LogP contribution in [0, 0.1) is 0 Å². The van der Waals surface area contributed by atoms with E-state index in [0.717, 1.165) is 19.3 Å². The van der Waals surface area contributed by atoms with Gasteiger partial charge in [0.1, 0.15) is 6.26 Å². The fraction of sp³-hybridized carbons (Fsp3) is 0.600. The van der Waals surface area contributed by atoms with Gasteiger partial charge in [0.05, 0.1) is 11.8 Å². The number of amides is 2. The zero-order valence-corrected chi connectivity index (χ0v) is 12.1. The van der Waals surface area contributed by atoms with Crippen LogP contribution in [0.15, 0.2) is 23.0 Å². The molecule has 0 radical (unpaired) electrons. The molecular weight excluding hydrogens is 256 g/mol. The monoisotopic (exact) mass is 278 g/mol. The fourth-order valence-electron chi connectivity index (χ4n) is 2.04. The summed E-state index contributed by atoms with van der Waals surface area (Å²) in [6.45, 7) is 4.47. The Morgan fingerprint density at radius 2 is 2.25 bits per heavy atom. The Labute approximate surface area is 119 Å². The van der Waals surface area contributed by atoms with E-state index in [-0.39, 0.29) is 17.9 Å². The normalized spacial score (nSPS) is 15.7. The van der Waals surface area contributed by atoms with Gasteiger partial charge >= 0.3 is 0 Å². The summed E-state index contributed by atoms with van der Waals surface area (Å²) in [5.41, 5.74) is 0.535. The first-order valence-corrected chi connectivity index (χ1v) is 7.24. The predicted octanol–water partition coefficient (Wildman–Crippen LogP) is 2.19. The number of hydrogen-bond donors (Lipinski definition) is 1. The molecule has 0 aliphatic heterocycles. The van der Waals surface area contributed by atoms with E-state index in [1.807, 2.05) is 13.8 Å². The predicted molar refractivity (Wildman–Crippen MR) is 75.3 cm³/mol. The van der Waals surface area contributed by atoms with Crippen LogP contribution in [0.4, 0.5) is 0 Å². The summed E-state index contributed by atoms with van der Waals surface area (Å²) >= 11 is 0. The lowest BCUT2D eigenvalue weighted by Crippen LogP contribution is -2.41. The molecule has 1 heterocycles. The summed E-state index contributed by atoms with van der Waals surface area (Å²) in [6, 6.07) is 2.12. The molecular formula is C15H22N2O3. The first kappa shape index (κ1) is 14.6. The Bertz CT molecular complexity index is 452. The largest absolute Gasteiger partial charge is 0.472 e. The van der Waals surface area contributed by atoms with Crippen molar-refractivity contribution in [1.29, 1.82) is 0 Å². The van der Waals surface area contributed by atoms with Crippen molar-refractivity contribution in [2.75, 3.05) is 6.54 Å². The van der Waals surface area contributed by atoms with E-state index in [1.54, 1.807) is 11.0 Å². The molecule has 1 atom stereocenters. The Hall–Kier alpha value is -1.78. The standard InChI is InChI=1S/C15H22N2O3/c1-3-11(2)17(15(19)12-7-9-20-10-12)8-6-14(18)16-13-4-5-13/h7,9-11,13H,3-6,8H2,1-2H3,(H,16,18)/t11-/m0/s1. The Kier molecular flexibility index (Phi) is 4.82. The molecule has 1 aromatic rings. The third-order valence-corrected chi connectivity index (χ3v) is 3.67. The molecule has 0 aromatic carbocycles.